The van der Waals surface area contributed by atoms with Gasteiger partial charge in [-0.05, 0) is 30.7 Å². The van der Waals surface area contributed by atoms with Crippen molar-refractivity contribution in [2.24, 2.45) is 0 Å². The van der Waals surface area contributed by atoms with Crippen molar-refractivity contribution in [2.75, 3.05) is 13.7 Å². The molecule has 23 heavy (non-hydrogen) atoms. The third-order valence-electron chi connectivity index (χ3n) is 3.44. The Bertz CT molecular complexity index is 776. The Balaban J connectivity index is 2.17. The maximum atomic E-state index is 13.7. The highest BCUT2D eigenvalue weighted by Crippen LogP contribution is 2.22. The summed E-state index contributed by atoms with van der Waals surface area (Å²) in [5.74, 6) is -0.814. The third-order valence-corrected chi connectivity index (χ3v) is 4.83. The van der Waals surface area contributed by atoms with Crippen LogP contribution in [0.5, 0.6) is 5.75 Å². The van der Waals surface area contributed by atoms with Crippen molar-refractivity contribution in [2.45, 2.75) is 17.4 Å². The SMILES string of the molecule is COc1ccc(S(=O)(=O)NCC(C)(O)c2ccccc2)cc1F. The van der Waals surface area contributed by atoms with Gasteiger partial charge in [0.25, 0.3) is 0 Å². The van der Waals surface area contributed by atoms with Gasteiger partial charge in [-0.2, -0.15) is 0 Å². The summed E-state index contributed by atoms with van der Waals surface area (Å²) in [6.07, 6.45) is 0. The van der Waals surface area contributed by atoms with E-state index < -0.39 is 21.4 Å². The van der Waals surface area contributed by atoms with Crippen LogP contribution in [0.2, 0.25) is 0 Å². The van der Waals surface area contributed by atoms with Gasteiger partial charge in [0.1, 0.15) is 5.60 Å². The van der Waals surface area contributed by atoms with Crippen LogP contribution >= 0.6 is 0 Å². The van der Waals surface area contributed by atoms with Crippen molar-refractivity contribution in [3.05, 3.63) is 59.9 Å². The molecule has 0 saturated heterocycles. The second-order valence-corrected chi connectivity index (χ2v) is 7.03. The van der Waals surface area contributed by atoms with Crippen LogP contribution in [0.1, 0.15) is 12.5 Å². The Hall–Kier alpha value is -1.96. The molecule has 7 heteroatoms. The van der Waals surface area contributed by atoms with Crippen molar-refractivity contribution in [3.63, 3.8) is 0 Å². The highest BCUT2D eigenvalue weighted by atomic mass is 32.2. The van der Waals surface area contributed by atoms with Crippen molar-refractivity contribution in [1.82, 2.24) is 4.72 Å². The molecule has 0 aliphatic heterocycles. The lowest BCUT2D eigenvalue weighted by Gasteiger charge is -2.24. The number of rotatable bonds is 6. The maximum Gasteiger partial charge on any atom is 0.240 e. The number of benzene rings is 2. The van der Waals surface area contributed by atoms with Crippen LogP contribution in [0.4, 0.5) is 4.39 Å². The molecule has 0 bridgehead atoms. The van der Waals surface area contributed by atoms with Crippen LogP contribution in [0, 0.1) is 5.82 Å². The van der Waals surface area contributed by atoms with E-state index in [2.05, 4.69) is 4.72 Å². The molecule has 0 aliphatic carbocycles. The van der Waals surface area contributed by atoms with Crippen LogP contribution in [-0.2, 0) is 15.6 Å². The predicted octanol–water partition coefficient (Wildman–Crippen LogP) is 2.02. The summed E-state index contributed by atoms with van der Waals surface area (Å²) in [5.41, 5.74) is -0.817. The first kappa shape index (κ1) is 17.4. The van der Waals surface area contributed by atoms with Gasteiger partial charge in [-0.1, -0.05) is 30.3 Å². The summed E-state index contributed by atoms with van der Waals surface area (Å²) in [6, 6.07) is 12.0. The van der Waals surface area contributed by atoms with Gasteiger partial charge in [0.2, 0.25) is 10.0 Å². The fourth-order valence-corrected chi connectivity index (χ4v) is 3.18. The third kappa shape index (κ3) is 4.07. The minimum Gasteiger partial charge on any atom is -0.494 e. The van der Waals surface area contributed by atoms with Crippen LogP contribution < -0.4 is 9.46 Å². The molecular formula is C16H18FNO4S. The second kappa shape index (κ2) is 6.66. The number of hydrogen-bond acceptors (Lipinski definition) is 4. The van der Waals surface area contributed by atoms with Gasteiger partial charge in [-0.25, -0.2) is 17.5 Å². The summed E-state index contributed by atoms with van der Waals surface area (Å²) >= 11 is 0. The Labute approximate surface area is 134 Å². The highest BCUT2D eigenvalue weighted by Gasteiger charge is 2.26. The first-order valence-corrected chi connectivity index (χ1v) is 8.36. The van der Waals surface area contributed by atoms with Gasteiger partial charge in [0.05, 0.1) is 12.0 Å². The molecule has 0 heterocycles. The normalized spacial score (nSPS) is 14.3. The molecule has 0 spiro atoms. The van der Waals surface area contributed by atoms with E-state index in [0.29, 0.717) is 5.56 Å². The standard InChI is InChI=1S/C16H18FNO4S/c1-16(19,12-6-4-3-5-7-12)11-18-23(20,21)13-8-9-15(22-2)14(17)10-13/h3-10,18-19H,11H2,1-2H3. The Morgan fingerprint density at radius 3 is 2.43 bits per heavy atom. The van der Waals surface area contributed by atoms with E-state index in [4.69, 9.17) is 4.74 Å². The Morgan fingerprint density at radius 2 is 1.87 bits per heavy atom. The number of halogens is 1. The lowest BCUT2D eigenvalue weighted by Crippen LogP contribution is -2.38. The molecule has 2 aromatic rings. The lowest BCUT2D eigenvalue weighted by molar-refractivity contribution is 0.0627. The van der Waals surface area contributed by atoms with Crippen LogP contribution in [0.15, 0.2) is 53.4 Å². The molecule has 0 aliphatic rings. The smallest absolute Gasteiger partial charge is 0.240 e. The average molecular weight is 339 g/mol. The molecule has 2 aromatic carbocycles. The summed E-state index contributed by atoms with van der Waals surface area (Å²) < 4.78 is 45.2. The number of methoxy groups -OCH3 is 1. The van der Waals surface area contributed by atoms with Crippen LogP contribution in [0.3, 0.4) is 0 Å². The minimum atomic E-state index is -3.95. The van der Waals surface area contributed by atoms with E-state index in [0.717, 1.165) is 6.07 Å². The van der Waals surface area contributed by atoms with Gasteiger partial charge >= 0.3 is 0 Å². The van der Waals surface area contributed by atoms with Crippen molar-refractivity contribution in [3.8, 4) is 5.75 Å². The fourth-order valence-electron chi connectivity index (χ4n) is 2.03. The summed E-state index contributed by atoms with van der Waals surface area (Å²) in [7, 11) is -2.66. The minimum absolute atomic E-state index is 0.0415. The molecule has 2 N–H and O–H groups in total. The van der Waals surface area contributed by atoms with Crippen molar-refractivity contribution < 1.29 is 22.7 Å². The maximum absolute atomic E-state index is 13.7. The molecule has 2 rings (SSSR count). The van der Waals surface area contributed by atoms with Crippen molar-refractivity contribution in [1.29, 1.82) is 0 Å². The molecular weight excluding hydrogens is 321 g/mol. The van der Waals surface area contributed by atoms with Crippen molar-refractivity contribution >= 4 is 10.0 Å². The zero-order valence-electron chi connectivity index (χ0n) is 12.8. The molecule has 0 fully saturated rings. The van der Waals surface area contributed by atoms with Gasteiger partial charge in [0, 0.05) is 6.54 Å². The first-order chi connectivity index (χ1) is 10.8. The molecule has 0 aromatic heterocycles. The number of ether oxygens (including phenoxy) is 1. The quantitative estimate of drug-likeness (QED) is 0.844. The van der Waals surface area contributed by atoms with Crippen LogP contribution in [0.25, 0.3) is 0 Å². The zero-order chi connectivity index (χ0) is 17.1. The molecule has 1 atom stereocenters. The second-order valence-electron chi connectivity index (χ2n) is 5.26. The molecule has 5 nitrogen and oxygen atoms in total. The van der Waals surface area contributed by atoms with Gasteiger partial charge in [-0.15, -0.1) is 0 Å². The Kier molecular flexibility index (Phi) is 5.03. The fraction of sp³-hybridized carbons (Fsp3) is 0.250. The topological polar surface area (TPSA) is 75.6 Å². The number of sulfonamides is 1. The highest BCUT2D eigenvalue weighted by molar-refractivity contribution is 7.89. The lowest BCUT2D eigenvalue weighted by atomic mass is 9.97. The molecule has 124 valence electrons. The Morgan fingerprint density at radius 1 is 1.22 bits per heavy atom. The average Bonchev–Trinajstić information content (AvgIpc) is 2.54. The van der Waals surface area contributed by atoms with Crippen LogP contribution in [-0.4, -0.2) is 27.2 Å². The monoisotopic (exact) mass is 339 g/mol. The number of nitrogens with one attached hydrogen (secondary N) is 1. The van der Waals surface area contributed by atoms with E-state index in [1.54, 1.807) is 30.3 Å². The molecule has 0 saturated carbocycles. The van der Waals surface area contributed by atoms with E-state index in [1.807, 2.05) is 0 Å². The summed E-state index contributed by atoms with van der Waals surface area (Å²) in [5, 5.41) is 10.4. The number of aliphatic hydroxyl groups is 1. The van der Waals surface area contributed by atoms with E-state index in [1.165, 1.54) is 26.2 Å². The summed E-state index contributed by atoms with van der Waals surface area (Å²) in [4.78, 5) is -0.236. The van der Waals surface area contributed by atoms with Gasteiger partial charge in [-0.3, -0.25) is 0 Å². The largest absolute Gasteiger partial charge is 0.494 e. The number of hydrogen-bond donors (Lipinski definition) is 2. The van der Waals surface area contributed by atoms with E-state index in [-0.39, 0.29) is 17.2 Å². The zero-order valence-corrected chi connectivity index (χ0v) is 13.6. The first-order valence-electron chi connectivity index (χ1n) is 6.87. The molecule has 0 radical (unpaired) electrons. The predicted molar refractivity (Wildman–Crippen MR) is 84.2 cm³/mol. The molecule has 1 unspecified atom stereocenters. The van der Waals surface area contributed by atoms with E-state index >= 15 is 0 Å². The molecule has 0 amide bonds. The van der Waals surface area contributed by atoms with E-state index in [9.17, 15) is 17.9 Å². The summed E-state index contributed by atoms with van der Waals surface area (Å²) in [6.45, 7) is 1.26. The van der Waals surface area contributed by atoms with Gasteiger partial charge < -0.3 is 9.84 Å². The van der Waals surface area contributed by atoms with Gasteiger partial charge in [0.15, 0.2) is 11.6 Å².